The highest BCUT2D eigenvalue weighted by Crippen LogP contribution is 2.70. The van der Waals surface area contributed by atoms with Crippen LogP contribution in [0.1, 0.15) is 73.1 Å². The zero-order chi connectivity index (χ0) is 14.1. The molecule has 0 amide bonds. The summed E-state index contributed by atoms with van der Waals surface area (Å²) < 4.78 is 6.27. The summed E-state index contributed by atoms with van der Waals surface area (Å²) in [5.41, 5.74) is 0.406. The Hall–Kier alpha value is -0.480. The van der Waals surface area contributed by atoms with E-state index in [1.54, 1.807) is 0 Å². The van der Waals surface area contributed by atoms with Crippen LogP contribution in [0, 0.1) is 28.6 Å². The summed E-state index contributed by atoms with van der Waals surface area (Å²) >= 11 is 0. The minimum Gasteiger partial charge on any atom is -0.362 e. The summed E-state index contributed by atoms with van der Waals surface area (Å²) in [6, 6.07) is 0. The zero-order valence-corrected chi connectivity index (χ0v) is 13.4. The van der Waals surface area contributed by atoms with Gasteiger partial charge in [0.25, 0.3) is 0 Å². The molecule has 0 aromatic heterocycles. The van der Waals surface area contributed by atoms with E-state index in [4.69, 9.17) is 4.74 Å². The van der Waals surface area contributed by atoms with Crippen LogP contribution in [0.5, 0.6) is 0 Å². The number of hydrogen-bond acceptors (Lipinski definition) is 1. The molecule has 0 heterocycles. The fourth-order valence-corrected chi connectivity index (χ4v) is 4.41. The average Bonchev–Trinajstić information content (AvgIpc) is 2.67. The van der Waals surface area contributed by atoms with Crippen LogP contribution in [0.25, 0.3) is 0 Å². The third-order valence-electron chi connectivity index (χ3n) is 6.20. The van der Waals surface area contributed by atoms with Crippen molar-refractivity contribution in [2.24, 2.45) is 16.7 Å². The van der Waals surface area contributed by atoms with E-state index in [-0.39, 0.29) is 11.0 Å². The normalized spacial score (nSPS) is 39.1. The van der Waals surface area contributed by atoms with Gasteiger partial charge in [0.15, 0.2) is 0 Å². The minimum absolute atomic E-state index is 0.179. The Bertz CT molecular complexity index is 386. The average molecular weight is 262 g/mol. The number of fused-ring (bicyclic) bond motifs is 2. The van der Waals surface area contributed by atoms with Crippen molar-refractivity contribution in [3.63, 3.8) is 0 Å². The molecule has 2 rings (SSSR count). The summed E-state index contributed by atoms with van der Waals surface area (Å²) in [4.78, 5) is 0. The lowest BCUT2D eigenvalue weighted by molar-refractivity contribution is -0.0937. The molecule has 2 bridgehead atoms. The van der Waals surface area contributed by atoms with E-state index >= 15 is 0 Å². The van der Waals surface area contributed by atoms with Crippen molar-refractivity contribution in [1.29, 1.82) is 0 Å². The summed E-state index contributed by atoms with van der Waals surface area (Å²) in [6.45, 7) is 12.4. The van der Waals surface area contributed by atoms with Crippen molar-refractivity contribution in [1.82, 2.24) is 0 Å². The lowest BCUT2D eigenvalue weighted by Crippen LogP contribution is -2.48. The Morgan fingerprint density at radius 3 is 2.42 bits per heavy atom. The van der Waals surface area contributed by atoms with Crippen LogP contribution in [0.4, 0.5) is 0 Å². The van der Waals surface area contributed by atoms with Crippen molar-refractivity contribution >= 4 is 0 Å². The van der Waals surface area contributed by atoms with Gasteiger partial charge >= 0.3 is 0 Å². The van der Waals surface area contributed by atoms with Gasteiger partial charge in [-0.05, 0) is 43.9 Å². The van der Waals surface area contributed by atoms with E-state index in [0.29, 0.717) is 5.41 Å². The van der Waals surface area contributed by atoms with Gasteiger partial charge in [0, 0.05) is 18.4 Å². The summed E-state index contributed by atoms with van der Waals surface area (Å²) in [5.74, 6) is 7.79. The first kappa shape index (κ1) is 14.9. The Balaban J connectivity index is 2.28. The van der Waals surface area contributed by atoms with Crippen LogP contribution < -0.4 is 0 Å². The highest BCUT2D eigenvalue weighted by atomic mass is 16.5. The molecule has 2 aliphatic carbocycles. The first-order valence-corrected chi connectivity index (χ1v) is 8.07. The molecule has 0 unspecified atom stereocenters. The quantitative estimate of drug-likeness (QED) is 0.522. The Morgan fingerprint density at radius 2 is 1.95 bits per heavy atom. The molecule has 0 radical (unpaired) electrons. The largest absolute Gasteiger partial charge is 0.362 e. The molecule has 2 saturated carbocycles. The number of ether oxygens (including phenoxy) is 1. The van der Waals surface area contributed by atoms with Crippen molar-refractivity contribution in [3.8, 4) is 11.8 Å². The van der Waals surface area contributed by atoms with Crippen LogP contribution in [-0.2, 0) is 4.74 Å². The Morgan fingerprint density at radius 1 is 1.21 bits per heavy atom. The van der Waals surface area contributed by atoms with Crippen LogP contribution in [-0.4, -0.2) is 12.2 Å². The molecule has 0 spiro atoms. The van der Waals surface area contributed by atoms with Crippen LogP contribution in [0.2, 0.25) is 0 Å². The van der Waals surface area contributed by atoms with Crippen molar-refractivity contribution in [3.05, 3.63) is 0 Å². The lowest BCUT2D eigenvalue weighted by Gasteiger charge is -2.45. The standard InChI is InChI=1S/C18H30O/c1-6-8-9-10-12-18(19-7-2)14-15-11-13-17(18,5)16(15,3)4/h15H,6-9,11,13-14H2,1-5H3/t15-,17+,18-/m1/s1. The summed E-state index contributed by atoms with van der Waals surface area (Å²) in [6.07, 6.45) is 7.22. The van der Waals surface area contributed by atoms with Crippen LogP contribution in [0.3, 0.4) is 0 Å². The molecule has 0 aromatic carbocycles. The molecule has 2 aliphatic rings. The summed E-state index contributed by atoms with van der Waals surface area (Å²) in [7, 11) is 0. The van der Waals surface area contributed by atoms with Gasteiger partial charge in [0.1, 0.15) is 5.60 Å². The number of unbranched alkanes of at least 4 members (excludes halogenated alkanes) is 2. The molecule has 0 saturated heterocycles. The minimum atomic E-state index is -0.179. The Labute approximate surface area is 119 Å². The van der Waals surface area contributed by atoms with Gasteiger partial charge < -0.3 is 4.74 Å². The van der Waals surface area contributed by atoms with E-state index in [9.17, 15) is 0 Å². The maximum Gasteiger partial charge on any atom is 0.134 e. The second-order valence-corrected chi connectivity index (χ2v) is 7.16. The number of hydrogen-bond donors (Lipinski definition) is 0. The number of rotatable bonds is 4. The molecule has 19 heavy (non-hydrogen) atoms. The monoisotopic (exact) mass is 262 g/mol. The van der Waals surface area contributed by atoms with E-state index in [0.717, 1.165) is 25.4 Å². The SMILES string of the molecule is CCCCC#C[C@@]1(OCC)C[C@H]2CC[C@@]1(C)C2(C)C. The van der Waals surface area contributed by atoms with E-state index in [1.807, 2.05) is 0 Å². The van der Waals surface area contributed by atoms with E-state index in [1.165, 1.54) is 25.7 Å². The van der Waals surface area contributed by atoms with Crippen molar-refractivity contribution in [2.75, 3.05) is 6.61 Å². The third-order valence-corrected chi connectivity index (χ3v) is 6.20. The van der Waals surface area contributed by atoms with Gasteiger partial charge in [-0.2, -0.15) is 0 Å². The topological polar surface area (TPSA) is 9.23 Å². The van der Waals surface area contributed by atoms with Gasteiger partial charge in [-0.15, -0.1) is 5.92 Å². The highest BCUT2D eigenvalue weighted by molar-refractivity contribution is 5.30. The molecule has 3 atom stereocenters. The smallest absolute Gasteiger partial charge is 0.134 e. The zero-order valence-electron chi connectivity index (χ0n) is 13.4. The molecule has 108 valence electrons. The molecule has 2 fully saturated rings. The molecule has 0 aliphatic heterocycles. The molecular weight excluding hydrogens is 232 g/mol. The predicted octanol–water partition coefficient (Wildman–Crippen LogP) is 4.80. The fourth-order valence-electron chi connectivity index (χ4n) is 4.41. The van der Waals surface area contributed by atoms with Crippen molar-refractivity contribution < 1.29 is 4.74 Å². The van der Waals surface area contributed by atoms with Gasteiger partial charge in [-0.25, -0.2) is 0 Å². The third kappa shape index (κ3) is 2.04. The van der Waals surface area contributed by atoms with E-state index < -0.39 is 0 Å². The Kier molecular flexibility index (Phi) is 4.03. The highest BCUT2D eigenvalue weighted by Gasteiger charge is 2.69. The predicted molar refractivity (Wildman–Crippen MR) is 80.9 cm³/mol. The van der Waals surface area contributed by atoms with Gasteiger partial charge in [0.05, 0.1) is 0 Å². The fraction of sp³-hybridized carbons (Fsp3) is 0.889. The second kappa shape index (κ2) is 5.13. The molecule has 1 heteroatoms. The maximum atomic E-state index is 6.27. The van der Waals surface area contributed by atoms with Gasteiger partial charge in [0.2, 0.25) is 0 Å². The van der Waals surface area contributed by atoms with Crippen LogP contribution >= 0.6 is 0 Å². The second-order valence-electron chi connectivity index (χ2n) is 7.16. The van der Waals surface area contributed by atoms with Crippen molar-refractivity contribution in [2.45, 2.75) is 78.7 Å². The maximum absolute atomic E-state index is 6.27. The molecule has 1 nitrogen and oxygen atoms in total. The molecule has 0 aromatic rings. The lowest BCUT2D eigenvalue weighted by atomic mass is 9.64. The molecular formula is C18H30O. The molecule has 0 N–H and O–H groups in total. The van der Waals surface area contributed by atoms with Gasteiger partial charge in [-0.1, -0.05) is 40.0 Å². The van der Waals surface area contributed by atoms with Gasteiger partial charge in [-0.3, -0.25) is 0 Å². The first-order valence-electron chi connectivity index (χ1n) is 8.07. The van der Waals surface area contributed by atoms with E-state index in [2.05, 4.69) is 46.5 Å². The van der Waals surface area contributed by atoms with Crippen LogP contribution in [0.15, 0.2) is 0 Å². The first-order chi connectivity index (χ1) is 8.93. The summed E-state index contributed by atoms with van der Waals surface area (Å²) in [5, 5.41) is 0.